The maximum Gasteiger partial charge on any atom is 0.335 e. The Morgan fingerprint density at radius 2 is 1.60 bits per heavy atom. The highest BCUT2D eigenvalue weighted by molar-refractivity contribution is 5.89. The van der Waals surface area contributed by atoms with Crippen LogP contribution in [0.15, 0.2) is 18.2 Å². The molecule has 1 N–H and O–H groups in total. The molecular weight excluding hydrogens is 260 g/mol. The molecule has 0 radical (unpaired) electrons. The van der Waals surface area contributed by atoms with E-state index >= 15 is 0 Å². The van der Waals surface area contributed by atoms with Crippen molar-refractivity contribution in [3.05, 3.63) is 34.9 Å². The lowest BCUT2D eigenvalue weighted by atomic mass is 9.94. The van der Waals surface area contributed by atoms with Gasteiger partial charge in [0.15, 0.2) is 0 Å². The Morgan fingerprint density at radius 3 is 2.10 bits per heavy atom. The van der Waals surface area contributed by atoms with Crippen LogP contribution >= 0.6 is 0 Å². The number of carboxylic acids is 1. The van der Waals surface area contributed by atoms with E-state index in [1.165, 1.54) is 5.56 Å². The van der Waals surface area contributed by atoms with Crippen LogP contribution in [0.1, 0.15) is 62.0 Å². The Kier molecular flexibility index (Phi) is 9.15. The van der Waals surface area contributed by atoms with Gasteiger partial charge in [0.1, 0.15) is 0 Å². The average Bonchev–Trinajstić information content (AvgIpc) is 2.33. The predicted octanol–water partition coefficient (Wildman–Crippen LogP) is 3.65. The molecule has 1 rings (SSSR count). The van der Waals surface area contributed by atoms with E-state index in [9.17, 15) is 9.90 Å². The molecular formula is C17H28MgO2. The van der Waals surface area contributed by atoms with Crippen LogP contribution in [0.5, 0.6) is 0 Å². The summed E-state index contributed by atoms with van der Waals surface area (Å²) in [6.45, 7) is 8.77. The molecule has 1 aromatic carbocycles. The number of aryl methyl sites for hydroxylation is 2. The zero-order valence-electron chi connectivity index (χ0n) is 12.6. The van der Waals surface area contributed by atoms with Crippen molar-refractivity contribution in [2.75, 3.05) is 0 Å². The number of benzene rings is 1. The molecule has 3 heteroatoms. The fourth-order valence-electron chi connectivity index (χ4n) is 2.12. The highest BCUT2D eigenvalue weighted by Gasteiger charge is 2.11. The first-order valence-corrected chi connectivity index (χ1v) is 7.25. The van der Waals surface area contributed by atoms with Crippen molar-refractivity contribution >= 4 is 29.0 Å². The lowest BCUT2D eigenvalue weighted by Gasteiger charge is -2.11. The van der Waals surface area contributed by atoms with Gasteiger partial charge in [-0.05, 0) is 54.7 Å². The zero-order chi connectivity index (χ0) is 14.4. The van der Waals surface area contributed by atoms with Gasteiger partial charge in [-0.15, -0.1) is 0 Å². The van der Waals surface area contributed by atoms with Crippen molar-refractivity contribution in [3.8, 4) is 0 Å². The summed E-state index contributed by atoms with van der Waals surface area (Å²) in [7, 11) is 0. The van der Waals surface area contributed by atoms with E-state index in [4.69, 9.17) is 0 Å². The first-order chi connectivity index (χ1) is 8.90. The second-order valence-electron chi connectivity index (χ2n) is 6.16. The van der Waals surface area contributed by atoms with Crippen molar-refractivity contribution in [1.29, 1.82) is 0 Å². The molecule has 1 aromatic rings. The number of rotatable bonds is 7. The van der Waals surface area contributed by atoms with E-state index in [2.05, 4.69) is 33.8 Å². The minimum Gasteiger partial charge on any atom is -0.478 e. The van der Waals surface area contributed by atoms with Gasteiger partial charge in [-0.3, -0.25) is 0 Å². The zero-order valence-corrected chi connectivity index (χ0v) is 12.6. The minimum absolute atomic E-state index is 0. The van der Waals surface area contributed by atoms with Gasteiger partial charge in [0, 0.05) is 0 Å². The van der Waals surface area contributed by atoms with E-state index < -0.39 is 5.97 Å². The van der Waals surface area contributed by atoms with E-state index in [0.717, 1.165) is 31.2 Å². The van der Waals surface area contributed by atoms with Gasteiger partial charge in [0.25, 0.3) is 0 Å². The van der Waals surface area contributed by atoms with E-state index in [1.54, 1.807) is 6.07 Å². The Bertz CT molecular complexity index is 425. The fourth-order valence-corrected chi connectivity index (χ4v) is 2.12. The summed E-state index contributed by atoms with van der Waals surface area (Å²) in [6.07, 6.45) is 4.07. The summed E-state index contributed by atoms with van der Waals surface area (Å²) in [5, 5.41) is 9.24. The number of carboxylic acid groups (broad SMARTS) is 1. The molecule has 0 saturated heterocycles. The maximum atomic E-state index is 11.2. The topological polar surface area (TPSA) is 37.3 Å². The van der Waals surface area contributed by atoms with E-state index in [0.29, 0.717) is 17.4 Å². The summed E-state index contributed by atoms with van der Waals surface area (Å²) >= 11 is 0. The van der Waals surface area contributed by atoms with Gasteiger partial charge in [-0.25, -0.2) is 4.79 Å². The molecule has 0 aliphatic carbocycles. The smallest absolute Gasteiger partial charge is 0.335 e. The molecule has 0 aromatic heterocycles. The van der Waals surface area contributed by atoms with Crippen molar-refractivity contribution in [2.24, 2.45) is 11.8 Å². The first kappa shape index (κ1) is 19.5. The van der Waals surface area contributed by atoms with Gasteiger partial charge in [-0.2, -0.15) is 0 Å². The van der Waals surface area contributed by atoms with Crippen LogP contribution in [0.3, 0.4) is 0 Å². The van der Waals surface area contributed by atoms with Crippen LogP contribution in [0, 0.1) is 11.8 Å². The number of carbonyl (C=O) groups is 1. The van der Waals surface area contributed by atoms with Crippen molar-refractivity contribution in [1.82, 2.24) is 0 Å². The molecule has 0 saturated carbocycles. The first-order valence-electron chi connectivity index (χ1n) is 7.25. The van der Waals surface area contributed by atoms with Gasteiger partial charge >= 0.3 is 29.0 Å². The van der Waals surface area contributed by atoms with Crippen LogP contribution < -0.4 is 0 Å². The third kappa shape index (κ3) is 6.75. The normalized spacial score (nSPS) is 10.7. The molecule has 0 aliphatic rings. The van der Waals surface area contributed by atoms with Gasteiger partial charge in [-0.1, -0.05) is 39.8 Å². The predicted molar refractivity (Wildman–Crippen MR) is 88.3 cm³/mol. The summed E-state index contributed by atoms with van der Waals surface area (Å²) in [5.41, 5.74) is 2.72. The van der Waals surface area contributed by atoms with Gasteiger partial charge in [0.05, 0.1) is 5.56 Å². The van der Waals surface area contributed by atoms with Gasteiger partial charge < -0.3 is 5.11 Å². The summed E-state index contributed by atoms with van der Waals surface area (Å²) in [5.74, 6) is 0.466. The van der Waals surface area contributed by atoms with E-state index in [1.807, 2.05) is 6.07 Å². The third-order valence-electron chi connectivity index (χ3n) is 3.40. The molecule has 0 bridgehead atoms. The molecule has 2 nitrogen and oxygen atoms in total. The van der Waals surface area contributed by atoms with Crippen LogP contribution in [0.25, 0.3) is 0 Å². The quantitative estimate of drug-likeness (QED) is 0.778. The minimum atomic E-state index is -0.811. The summed E-state index contributed by atoms with van der Waals surface area (Å²) in [6, 6.07) is 5.83. The Morgan fingerprint density at radius 1 is 1.05 bits per heavy atom. The van der Waals surface area contributed by atoms with Crippen molar-refractivity contribution in [2.45, 2.75) is 53.4 Å². The molecule has 0 amide bonds. The fraction of sp³-hybridized carbons (Fsp3) is 0.588. The Balaban J connectivity index is 0.00000361. The number of aromatic carboxylic acids is 1. The standard InChI is InChI=1S/C17H26O2.Mg.2H/c1-12(2)5-7-14-8-10-16(17(18)19)15(11-14)9-6-13(3)4;;;/h8,10-13H,5-7,9H2,1-4H3,(H,18,19);;;. The molecule has 0 heterocycles. The molecule has 20 heavy (non-hydrogen) atoms. The van der Waals surface area contributed by atoms with Crippen LogP contribution in [0.2, 0.25) is 0 Å². The summed E-state index contributed by atoms with van der Waals surface area (Å²) in [4.78, 5) is 11.2. The molecule has 110 valence electrons. The second kappa shape index (κ2) is 9.40. The van der Waals surface area contributed by atoms with Gasteiger partial charge in [0.2, 0.25) is 0 Å². The lowest BCUT2D eigenvalue weighted by Crippen LogP contribution is -2.05. The molecule has 0 spiro atoms. The molecule has 0 unspecified atom stereocenters. The monoisotopic (exact) mass is 288 g/mol. The molecule has 0 fully saturated rings. The number of hydrogen-bond donors (Lipinski definition) is 1. The van der Waals surface area contributed by atoms with E-state index in [-0.39, 0.29) is 23.1 Å². The van der Waals surface area contributed by atoms with Crippen molar-refractivity contribution in [3.63, 3.8) is 0 Å². The van der Waals surface area contributed by atoms with Crippen LogP contribution in [0.4, 0.5) is 0 Å². The lowest BCUT2D eigenvalue weighted by molar-refractivity contribution is 0.0695. The van der Waals surface area contributed by atoms with Crippen LogP contribution in [-0.4, -0.2) is 34.1 Å². The Labute approximate surface area is 139 Å². The largest absolute Gasteiger partial charge is 0.478 e. The van der Waals surface area contributed by atoms with Crippen molar-refractivity contribution < 1.29 is 9.90 Å². The SMILES string of the molecule is CC(C)CCc1ccc(C(=O)O)c(CCC(C)C)c1.[MgH2]. The Hall–Kier alpha value is -0.544. The highest BCUT2D eigenvalue weighted by Crippen LogP contribution is 2.18. The summed E-state index contributed by atoms with van der Waals surface area (Å²) < 4.78 is 0. The molecule has 0 aliphatic heterocycles. The number of hydrogen-bond acceptors (Lipinski definition) is 1. The maximum absolute atomic E-state index is 11.2. The average molecular weight is 289 g/mol. The second-order valence-corrected chi connectivity index (χ2v) is 6.16. The molecule has 0 atom stereocenters. The van der Waals surface area contributed by atoms with Crippen LogP contribution in [-0.2, 0) is 12.8 Å². The highest BCUT2D eigenvalue weighted by atomic mass is 24.3. The third-order valence-corrected chi connectivity index (χ3v) is 3.40.